The van der Waals surface area contributed by atoms with E-state index in [1.807, 2.05) is 6.07 Å². The Morgan fingerprint density at radius 2 is 1.47 bits per heavy atom. The van der Waals surface area contributed by atoms with E-state index in [0.717, 1.165) is 0 Å². The summed E-state index contributed by atoms with van der Waals surface area (Å²) in [6.07, 6.45) is -1.66. The van der Waals surface area contributed by atoms with Crippen LogP contribution in [0.4, 0.5) is 0 Å². The molecule has 0 saturated carbocycles. The molecule has 1 unspecified atom stereocenters. The van der Waals surface area contributed by atoms with Gasteiger partial charge in [0.2, 0.25) is 6.29 Å². The second kappa shape index (κ2) is 7.01. The van der Waals surface area contributed by atoms with Crippen LogP contribution < -0.4 is 0 Å². The van der Waals surface area contributed by atoms with Crippen LogP contribution in [0.15, 0.2) is 30.3 Å². The Morgan fingerprint density at radius 1 is 0.941 bits per heavy atom. The number of hydrogen-bond donors (Lipinski definition) is 0. The lowest BCUT2D eigenvalue weighted by atomic mass is 10.2. The zero-order chi connectivity index (χ0) is 12.7. The predicted octanol–water partition coefficient (Wildman–Crippen LogP) is 1.43. The van der Waals surface area contributed by atoms with Crippen LogP contribution in [0, 0.1) is 0 Å². The normalized spacial score (nSPS) is 12.5. The van der Waals surface area contributed by atoms with Crippen molar-refractivity contribution < 1.29 is 23.7 Å². The fourth-order valence-corrected chi connectivity index (χ4v) is 1.28. The lowest BCUT2D eigenvalue weighted by Gasteiger charge is -2.22. The van der Waals surface area contributed by atoms with Crippen LogP contribution in [0.3, 0.4) is 0 Å². The summed E-state index contributed by atoms with van der Waals surface area (Å²) in [5.74, 6) is -0.489. The molecule has 0 aromatic heterocycles. The van der Waals surface area contributed by atoms with Gasteiger partial charge >= 0.3 is 5.97 Å². The molecule has 1 aromatic rings. The first kappa shape index (κ1) is 13.6. The second-order valence-electron chi connectivity index (χ2n) is 3.22. The monoisotopic (exact) mass is 240 g/mol. The fourth-order valence-electron chi connectivity index (χ4n) is 1.28. The summed E-state index contributed by atoms with van der Waals surface area (Å²) in [6, 6.07) is 8.64. The summed E-state index contributed by atoms with van der Waals surface area (Å²) in [5, 5.41) is 0. The average molecular weight is 240 g/mol. The van der Waals surface area contributed by atoms with Crippen LogP contribution in [-0.2, 0) is 18.9 Å². The van der Waals surface area contributed by atoms with Crippen molar-refractivity contribution in [2.45, 2.75) is 12.6 Å². The summed E-state index contributed by atoms with van der Waals surface area (Å²) in [5.41, 5.74) is 0.445. The van der Waals surface area contributed by atoms with Gasteiger partial charge in [-0.15, -0.1) is 0 Å². The van der Waals surface area contributed by atoms with Crippen molar-refractivity contribution >= 4 is 5.97 Å². The predicted molar refractivity (Wildman–Crippen MR) is 60.5 cm³/mol. The van der Waals surface area contributed by atoms with Crippen molar-refractivity contribution in [1.29, 1.82) is 0 Å². The van der Waals surface area contributed by atoms with Crippen molar-refractivity contribution in [3.05, 3.63) is 35.9 Å². The van der Waals surface area contributed by atoms with Crippen LogP contribution in [0.2, 0.25) is 0 Å². The summed E-state index contributed by atoms with van der Waals surface area (Å²) in [4.78, 5) is 11.7. The van der Waals surface area contributed by atoms with Gasteiger partial charge in [-0.2, -0.15) is 0 Å². The zero-order valence-corrected chi connectivity index (χ0v) is 10.1. The minimum Gasteiger partial charge on any atom is -0.426 e. The fraction of sp³-hybridized carbons (Fsp3) is 0.417. The first-order valence-electron chi connectivity index (χ1n) is 5.07. The van der Waals surface area contributed by atoms with Gasteiger partial charge in [-0.1, -0.05) is 18.2 Å². The molecule has 94 valence electrons. The van der Waals surface area contributed by atoms with E-state index in [1.54, 1.807) is 24.3 Å². The maximum Gasteiger partial charge on any atom is 0.340 e. The molecule has 0 fully saturated rings. The Kier molecular flexibility index (Phi) is 5.62. The van der Waals surface area contributed by atoms with Crippen molar-refractivity contribution in [3.8, 4) is 0 Å². The van der Waals surface area contributed by atoms with Crippen LogP contribution in [0.25, 0.3) is 0 Å². The number of carbonyl (C=O) groups excluding carboxylic acids is 1. The van der Waals surface area contributed by atoms with E-state index in [0.29, 0.717) is 5.56 Å². The highest BCUT2D eigenvalue weighted by Crippen LogP contribution is 2.09. The summed E-state index contributed by atoms with van der Waals surface area (Å²) >= 11 is 0. The van der Waals surface area contributed by atoms with E-state index < -0.39 is 18.5 Å². The molecule has 0 aliphatic carbocycles. The van der Waals surface area contributed by atoms with Gasteiger partial charge in [0.05, 0.1) is 5.56 Å². The molecule has 0 heterocycles. The van der Waals surface area contributed by atoms with Gasteiger partial charge in [0, 0.05) is 21.3 Å². The molecular weight excluding hydrogens is 224 g/mol. The average Bonchev–Trinajstić information content (AvgIpc) is 2.39. The van der Waals surface area contributed by atoms with Crippen molar-refractivity contribution in [2.75, 3.05) is 21.3 Å². The Hall–Kier alpha value is -1.43. The number of ether oxygens (including phenoxy) is 4. The number of esters is 1. The SMILES string of the molecule is COC(OC)C(OC)OC(=O)c1ccccc1. The molecule has 0 aliphatic rings. The van der Waals surface area contributed by atoms with E-state index in [-0.39, 0.29) is 0 Å². The molecule has 5 heteroatoms. The van der Waals surface area contributed by atoms with Gasteiger partial charge in [0.25, 0.3) is 6.29 Å². The van der Waals surface area contributed by atoms with Gasteiger partial charge < -0.3 is 18.9 Å². The van der Waals surface area contributed by atoms with E-state index >= 15 is 0 Å². The quantitative estimate of drug-likeness (QED) is 0.556. The van der Waals surface area contributed by atoms with E-state index in [2.05, 4.69) is 0 Å². The Bertz CT molecular complexity index is 334. The lowest BCUT2D eigenvalue weighted by Crippen LogP contribution is -2.35. The Balaban J connectivity index is 2.66. The van der Waals surface area contributed by atoms with Crippen molar-refractivity contribution in [2.24, 2.45) is 0 Å². The highest BCUT2D eigenvalue weighted by molar-refractivity contribution is 5.89. The highest BCUT2D eigenvalue weighted by atomic mass is 16.8. The van der Waals surface area contributed by atoms with Gasteiger partial charge in [0.1, 0.15) is 0 Å². The summed E-state index contributed by atoms with van der Waals surface area (Å²) < 4.78 is 20.0. The lowest BCUT2D eigenvalue weighted by molar-refractivity contribution is -0.243. The van der Waals surface area contributed by atoms with E-state index in [9.17, 15) is 4.79 Å². The maximum atomic E-state index is 11.7. The Morgan fingerprint density at radius 3 is 1.94 bits per heavy atom. The van der Waals surface area contributed by atoms with E-state index in [4.69, 9.17) is 18.9 Å². The van der Waals surface area contributed by atoms with Gasteiger partial charge in [0.15, 0.2) is 0 Å². The second-order valence-corrected chi connectivity index (χ2v) is 3.22. The van der Waals surface area contributed by atoms with Gasteiger partial charge in [-0.25, -0.2) is 4.79 Å². The number of carbonyl (C=O) groups is 1. The molecule has 1 rings (SSSR count). The number of methoxy groups -OCH3 is 3. The smallest absolute Gasteiger partial charge is 0.340 e. The van der Waals surface area contributed by atoms with Gasteiger partial charge in [-0.3, -0.25) is 0 Å². The molecular formula is C12H16O5. The van der Waals surface area contributed by atoms with E-state index in [1.165, 1.54) is 21.3 Å². The number of benzene rings is 1. The first-order valence-corrected chi connectivity index (χ1v) is 5.07. The molecule has 0 bridgehead atoms. The summed E-state index contributed by atoms with van der Waals surface area (Å²) in [7, 11) is 4.29. The molecule has 0 N–H and O–H groups in total. The molecule has 1 aromatic carbocycles. The molecule has 0 amide bonds. The van der Waals surface area contributed by atoms with Crippen LogP contribution >= 0.6 is 0 Å². The first-order chi connectivity index (χ1) is 8.22. The zero-order valence-electron chi connectivity index (χ0n) is 10.1. The Labute approximate surface area is 100 Å². The van der Waals surface area contributed by atoms with Gasteiger partial charge in [-0.05, 0) is 12.1 Å². The minimum atomic E-state index is -0.905. The number of rotatable bonds is 6. The third kappa shape index (κ3) is 3.81. The standard InChI is InChI=1S/C12H16O5/c1-14-11(15-2)12(16-3)17-10(13)9-7-5-4-6-8-9/h4-8,11-12H,1-3H3. The molecule has 0 saturated heterocycles. The largest absolute Gasteiger partial charge is 0.426 e. The van der Waals surface area contributed by atoms with Crippen LogP contribution in [0.1, 0.15) is 10.4 Å². The molecule has 17 heavy (non-hydrogen) atoms. The third-order valence-electron chi connectivity index (χ3n) is 2.15. The summed E-state index contributed by atoms with van der Waals surface area (Å²) in [6.45, 7) is 0. The van der Waals surface area contributed by atoms with Crippen molar-refractivity contribution in [1.82, 2.24) is 0 Å². The highest BCUT2D eigenvalue weighted by Gasteiger charge is 2.25. The minimum absolute atomic E-state index is 0.445. The molecule has 5 nitrogen and oxygen atoms in total. The third-order valence-corrected chi connectivity index (χ3v) is 2.15. The van der Waals surface area contributed by atoms with Crippen molar-refractivity contribution in [3.63, 3.8) is 0 Å². The number of hydrogen-bond acceptors (Lipinski definition) is 5. The molecule has 0 spiro atoms. The maximum absolute atomic E-state index is 11.7. The molecule has 1 atom stereocenters. The van der Waals surface area contributed by atoms with Crippen LogP contribution in [-0.4, -0.2) is 39.9 Å². The molecule has 0 aliphatic heterocycles. The van der Waals surface area contributed by atoms with Crippen LogP contribution in [0.5, 0.6) is 0 Å². The molecule has 0 radical (unpaired) electrons. The topological polar surface area (TPSA) is 54.0 Å².